The first kappa shape index (κ1) is 10.7. The van der Waals surface area contributed by atoms with Gasteiger partial charge in [0.2, 0.25) is 0 Å². The zero-order valence-electron chi connectivity index (χ0n) is 9.84. The summed E-state index contributed by atoms with van der Waals surface area (Å²) in [5, 5.41) is 4.09. The molecule has 1 aromatic heterocycles. The van der Waals surface area contributed by atoms with Gasteiger partial charge in [-0.3, -0.25) is 0 Å². The van der Waals surface area contributed by atoms with Gasteiger partial charge in [-0.25, -0.2) is 0 Å². The number of hydrogen-bond acceptors (Lipinski definition) is 3. The van der Waals surface area contributed by atoms with Gasteiger partial charge < -0.3 is 10.3 Å². The van der Waals surface area contributed by atoms with Crippen molar-refractivity contribution >= 4 is 0 Å². The molecule has 0 unspecified atom stereocenters. The molecule has 0 spiro atoms. The van der Waals surface area contributed by atoms with Crippen LogP contribution in [0.5, 0.6) is 0 Å². The second-order valence-corrected chi connectivity index (χ2v) is 5.80. The highest BCUT2D eigenvalue weighted by Gasteiger charge is 2.38. The van der Waals surface area contributed by atoms with Crippen LogP contribution < -0.4 is 5.73 Å². The van der Waals surface area contributed by atoms with E-state index in [1.807, 2.05) is 0 Å². The van der Waals surface area contributed by atoms with Gasteiger partial charge >= 0.3 is 0 Å². The van der Waals surface area contributed by atoms with Gasteiger partial charge in [-0.1, -0.05) is 25.9 Å². The summed E-state index contributed by atoms with van der Waals surface area (Å²) >= 11 is 0. The van der Waals surface area contributed by atoms with Crippen LogP contribution in [0.4, 0.5) is 0 Å². The molecule has 2 N–H and O–H groups in total. The van der Waals surface area contributed by atoms with E-state index in [0.29, 0.717) is 0 Å². The van der Waals surface area contributed by atoms with Crippen LogP contribution in [-0.2, 0) is 11.8 Å². The maximum Gasteiger partial charge on any atom is 0.127 e. The Morgan fingerprint density at radius 2 is 2.13 bits per heavy atom. The standard InChI is InChI=1S/C12H20N2O/c1-11(2,3)10-9(8-15-14-10)4-5-12(13)6-7-12/h8H,4-7,13H2,1-3H3. The summed E-state index contributed by atoms with van der Waals surface area (Å²) < 4.78 is 5.07. The quantitative estimate of drug-likeness (QED) is 0.829. The van der Waals surface area contributed by atoms with E-state index in [1.54, 1.807) is 6.26 Å². The number of rotatable bonds is 3. The molecule has 3 heteroatoms. The maximum atomic E-state index is 6.07. The fraction of sp³-hybridized carbons (Fsp3) is 0.750. The van der Waals surface area contributed by atoms with Gasteiger partial charge in [0, 0.05) is 16.5 Å². The van der Waals surface area contributed by atoms with Crippen LogP contribution in [0.25, 0.3) is 0 Å². The zero-order chi connectivity index (χ0) is 11.1. The van der Waals surface area contributed by atoms with Gasteiger partial charge in [0.05, 0.1) is 5.69 Å². The van der Waals surface area contributed by atoms with Crippen molar-refractivity contribution in [3.63, 3.8) is 0 Å². The van der Waals surface area contributed by atoms with E-state index in [9.17, 15) is 0 Å². The Hall–Kier alpha value is -0.830. The SMILES string of the molecule is CC(C)(C)c1nocc1CCC1(N)CC1. The van der Waals surface area contributed by atoms with Crippen LogP contribution >= 0.6 is 0 Å². The van der Waals surface area contributed by atoms with E-state index < -0.39 is 0 Å². The predicted molar refractivity (Wildman–Crippen MR) is 59.7 cm³/mol. The molecule has 1 fully saturated rings. The normalized spacial score (nSPS) is 19.2. The van der Waals surface area contributed by atoms with Crippen LogP contribution in [0.1, 0.15) is 51.3 Å². The Morgan fingerprint density at radius 3 is 2.67 bits per heavy atom. The van der Waals surface area contributed by atoms with Gasteiger partial charge in [0.25, 0.3) is 0 Å². The van der Waals surface area contributed by atoms with Crippen molar-refractivity contribution in [2.45, 2.75) is 57.4 Å². The van der Waals surface area contributed by atoms with E-state index in [4.69, 9.17) is 10.3 Å². The van der Waals surface area contributed by atoms with E-state index in [1.165, 1.54) is 18.4 Å². The molecule has 1 aromatic rings. The first-order valence-corrected chi connectivity index (χ1v) is 5.63. The Morgan fingerprint density at radius 1 is 1.47 bits per heavy atom. The largest absolute Gasteiger partial charge is 0.364 e. The topological polar surface area (TPSA) is 52.0 Å². The number of aromatic nitrogens is 1. The summed E-state index contributed by atoms with van der Waals surface area (Å²) in [4.78, 5) is 0. The molecule has 84 valence electrons. The zero-order valence-corrected chi connectivity index (χ0v) is 9.84. The minimum absolute atomic E-state index is 0.0631. The molecule has 0 radical (unpaired) electrons. The van der Waals surface area contributed by atoms with Crippen molar-refractivity contribution in [2.75, 3.05) is 0 Å². The van der Waals surface area contributed by atoms with Crippen LogP contribution in [0.2, 0.25) is 0 Å². The minimum atomic E-state index is 0.0631. The highest BCUT2D eigenvalue weighted by molar-refractivity contribution is 5.23. The smallest absolute Gasteiger partial charge is 0.127 e. The van der Waals surface area contributed by atoms with Gasteiger partial charge in [-0.15, -0.1) is 0 Å². The highest BCUT2D eigenvalue weighted by atomic mass is 16.5. The van der Waals surface area contributed by atoms with Gasteiger partial charge in [-0.05, 0) is 25.7 Å². The molecule has 3 nitrogen and oxygen atoms in total. The van der Waals surface area contributed by atoms with E-state index >= 15 is 0 Å². The average molecular weight is 208 g/mol. The number of hydrogen-bond donors (Lipinski definition) is 1. The molecule has 1 saturated carbocycles. The second-order valence-electron chi connectivity index (χ2n) is 5.80. The number of nitrogens with zero attached hydrogens (tertiary/aromatic N) is 1. The molecule has 0 aliphatic heterocycles. The highest BCUT2D eigenvalue weighted by Crippen LogP contribution is 2.37. The lowest BCUT2D eigenvalue weighted by Gasteiger charge is -2.17. The molecular formula is C12H20N2O. The Labute approximate surface area is 91.0 Å². The van der Waals surface area contributed by atoms with Crippen LogP contribution in [0.3, 0.4) is 0 Å². The predicted octanol–water partition coefficient (Wildman–Crippen LogP) is 2.40. The summed E-state index contributed by atoms with van der Waals surface area (Å²) in [6, 6.07) is 0. The lowest BCUT2D eigenvalue weighted by molar-refractivity contribution is 0.393. The van der Waals surface area contributed by atoms with E-state index in [2.05, 4.69) is 25.9 Å². The summed E-state index contributed by atoms with van der Waals surface area (Å²) in [5.41, 5.74) is 8.55. The monoisotopic (exact) mass is 208 g/mol. The number of aryl methyl sites for hydroxylation is 1. The van der Waals surface area contributed by atoms with Gasteiger partial charge in [0.1, 0.15) is 6.26 Å². The van der Waals surface area contributed by atoms with Gasteiger partial charge in [0.15, 0.2) is 0 Å². The van der Waals surface area contributed by atoms with Crippen molar-refractivity contribution < 1.29 is 4.52 Å². The molecule has 15 heavy (non-hydrogen) atoms. The Balaban J connectivity index is 2.05. The minimum Gasteiger partial charge on any atom is -0.364 e. The lowest BCUT2D eigenvalue weighted by Crippen LogP contribution is -2.23. The summed E-state index contributed by atoms with van der Waals surface area (Å²) in [6.07, 6.45) is 6.16. The van der Waals surface area contributed by atoms with E-state index in [-0.39, 0.29) is 11.0 Å². The molecule has 1 aliphatic carbocycles. The molecule has 0 amide bonds. The Bertz CT molecular complexity index is 345. The third-order valence-corrected chi connectivity index (χ3v) is 3.14. The van der Waals surface area contributed by atoms with Crippen molar-refractivity contribution in [3.05, 3.63) is 17.5 Å². The first-order valence-electron chi connectivity index (χ1n) is 5.63. The molecule has 1 heterocycles. The maximum absolute atomic E-state index is 6.07. The van der Waals surface area contributed by atoms with Crippen LogP contribution in [-0.4, -0.2) is 10.7 Å². The van der Waals surface area contributed by atoms with E-state index in [0.717, 1.165) is 18.5 Å². The fourth-order valence-corrected chi connectivity index (χ4v) is 1.85. The second kappa shape index (κ2) is 3.34. The third kappa shape index (κ3) is 2.40. The average Bonchev–Trinajstić information content (AvgIpc) is 2.66. The first-order chi connectivity index (χ1) is 6.91. The van der Waals surface area contributed by atoms with Gasteiger partial charge in [-0.2, -0.15) is 0 Å². The fourth-order valence-electron chi connectivity index (χ4n) is 1.85. The summed E-state index contributed by atoms with van der Waals surface area (Å²) in [6.45, 7) is 6.47. The van der Waals surface area contributed by atoms with Crippen molar-refractivity contribution in [1.82, 2.24) is 5.16 Å². The molecule has 0 aromatic carbocycles. The molecular weight excluding hydrogens is 188 g/mol. The summed E-state index contributed by atoms with van der Waals surface area (Å²) in [7, 11) is 0. The molecule has 2 rings (SSSR count). The van der Waals surface area contributed by atoms with Crippen molar-refractivity contribution in [2.24, 2.45) is 5.73 Å². The molecule has 0 saturated heterocycles. The van der Waals surface area contributed by atoms with Crippen LogP contribution in [0, 0.1) is 0 Å². The van der Waals surface area contributed by atoms with Crippen molar-refractivity contribution in [1.29, 1.82) is 0 Å². The van der Waals surface area contributed by atoms with Crippen LogP contribution in [0.15, 0.2) is 10.8 Å². The lowest BCUT2D eigenvalue weighted by atomic mass is 9.88. The summed E-state index contributed by atoms with van der Waals surface area (Å²) in [5.74, 6) is 0. The number of nitrogens with two attached hydrogens (primary N) is 1. The molecule has 0 bridgehead atoms. The van der Waals surface area contributed by atoms with Crippen molar-refractivity contribution in [3.8, 4) is 0 Å². The Kier molecular flexibility index (Phi) is 2.38. The third-order valence-electron chi connectivity index (χ3n) is 3.14. The molecule has 0 atom stereocenters. The molecule has 1 aliphatic rings.